The molecular formula is C15H20N2O. The molecule has 0 radical (unpaired) electrons. The number of nitrogens with zero attached hydrogens (tertiary/aromatic N) is 1. The molecule has 0 fully saturated rings. The molecule has 1 amide bonds. The van der Waals surface area contributed by atoms with Crippen LogP contribution in [-0.2, 0) is 17.8 Å². The molecule has 1 aliphatic rings. The van der Waals surface area contributed by atoms with Gasteiger partial charge in [0.1, 0.15) is 0 Å². The van der Waals surface area contributed by atoms with Crippen molar-refractivity contribution in [3.63, 3.8) is 0 Å². The molecule has 2 rings (SSSR count). The van der Waals surface area contributed by atoms with Crippen molar-refractivity contribution in [1.29, 1.82) is 0 Å². The van der Waals surface area contributed by atoms with Crippen molar-refractivity contribution < 1.29 is 4.79 Å². The van der Waals surface area contributed by atoms with Crippen LogP contribution < -0.4 is 5.32 Å². The topological polar surface area (TPSA) is 32.3 Å². The van der Waals surface area contributed by atoms with Gasteiger partial charge < -0.3 is 10.2 Å². The Morgan fingerprint density at radius 3 is 2.89 bits per heavy atom. The summed E-state index contributed by atoms with van der Waals surface area (Å²) in [6, 6.07) is 8.20. The lowest BCUT2D eigenvalue weighted by Crippen LogP contribution is -2.49. The second-order valence-electron chi connectivity index (χ2n) is 4.57. The molecular weight excluding hydrogens is 224 g/mol. The Hall–Kier alpha value is -1.61. The molecule has 1 aromatic rings. The van der Waals surface area contributed by atoms with E-state index in [1.54, 1.807) is 6.08 Å². The van der Waals surface area contributed by atoms with Crippen LogP contribution in [0.4, 0.5) is 0 Å². The summed E-state index contributed by atoms with van der Waals surface area (Å²) in [6.07, 6.45) is 2.56. The molecule has 0 bridgehead atoms. The van der Waals surface area contributed by atoms with Gasteiger partial charge in [-0.1, -0.05) is 30.3 Å². The van der Waals surface area contributed by atoms with Crippen LogP contribution >= 0.6 is 0 Å². The summed E-state index contributed by atoms with van der Waals surface area (Å²) < 4.78 is 0. The number of carbonyl (C=O) groups excluding carboxylic acids is 1. The summed E-state index contributed by atoms with van der Waals surface area (Å²) in [6.45, 7) is 7.82. The number of hydrogen-bond acceptors (Lipinski definition) is 2. The van der Waals surface area contributed by atoms with E-state index in [0.29, 0.717) is 6.54 Å². The van der Waals surface area contributed by atoms with E-state index in [0.717, 1.165) is 19.5 Å². The molecule has 3 heteroatoms. The second kappa shape index (κ2) is 5.83. The summed E-state index contributed by atoms with van der Waals surface area (Å²) in [5.41, 5.74) is 2.58. The highest BCUT2D eigenvalue weighted by atomic mass is 16.2. The maximum absolute atomic E-state index is 12.3. The smallest absolute Gasteiger partial charge is 0.240 e. The van der Waals surface area contributed by atoms with Crippen molar-refractivity contribution in [1.82, 2.24) is 10.2 Å². The molecule has 1 heterocycles. The first-order valence-electron chi connectivity index (χ1n) is 6.46. The maximum atomic E-state index is 12.3. The van der Waals surface area contributed by atoms with E-state index in [-0.39, 0.29) is 11.9 Å². The molecule has 1 atom stereocenters. The minimum atomic E-state index is -0.0974. The highest BCUT2D eigenvalue weighted by Crippen LogP contribution is 2.17. The van der Waals surface area contributed by atoms with Crippen LogP contribution in [0.25, 0.3) is 0 Å². The van der Waals surface area contributed by atoms with Crippen molar-refractivity contribution >= 4 is 5.91 Å². The Morgan fingerprint density at radius 1 is 1.50 bits per heavy atom. The third kappa shape index (κ3) is 2.62. The Labute approximate surface area is 108 Å². The molecule has 96 valence electrons. The van der Waals surface area contributed by atoms with E-state index < -0.39 is 0 Å². The van der Waals surface area contributed by atoms with Crippen LogP contribution in [0, 0.1) is 0 Å². The number of hydrogen-bond donors (Lipinski definition) is 1. The average molecular weight is 244 g/mol. The molecule has 1 N–H and O–H groups in total. The lowest BCUT2D eigenvalue weighted by molar-refractivity contribution is -0.132. The van der Waals surface area contributed by atoms with Gasteiger partial charge in [0, 0.05) is 19.6 Å². The zero-order valence-corrected chi connectivity index (χ0v) is 10.9. The molecule has 1 aromatic carbocycles. The lowest BCUT2D eigenvalue weighted by atomic mass is 9.95. The van der Waals surface area contributed by atoms with Gasteiger partial charge in [0.05, 0.1) is 6.04 Å². The quantitative estimate of drug-likeness (QED) is 0.818. The number of carbonyl (C=O) groups is 1. The van der Waals surface area contributed by atoms with Gasteiger partial charge in [0.15, 0.2) is 0 Å². The highest BCUT2D eigenvalue weighted by molar-refractivity contribution is 5.82. The number of fused-ring (bicyclic) bond motifs is 1. The Morgan fingerprint density at radius 2 is 2.22 bits per heavy atom. The monoisotopic (exact) mass is 244 g/mol. The predicted octanol–water partition coefficient (Wildman–Crippen LogP) is 1.74. The number of amides is 1. The maximum Gasteiger partial charge on any atom is 0.240 e. The fraction of sp³-hybridized carbons (Fsp3) is 0.400. The molecule has 0 aliphatic carbocycles. The third-order valence-corrected chi connectivity index (χ3v) is 3.42. The van der Waals surface area contributed by atoms with Crippen molar-refractivity contribution in [2.45, 2.75) is 25.9 Å². The van der Waals surface area contributed by atoms with E-state index in [2.05, 4.69) is 24.0 Å². The number of likely N-dealkylation sites (N-methyl/N-ethyl adjacent to an activating group) is 1. The van der Waals surface area contributed by atoms with Gasteiger partial charge in [0.2, 0.25) is 5.91 Å². The zero-order valence-electron chi connectivity index (χ0n) is 10.9. The number of nitrogens with one attached hydrogen (secondary N) is 1. The standard InChI is InChI=1S/C15H20N2O/c1-3-9-17(4-2)15(18)14-10-12-7-5-6-8-13(12)11-16-14/h3,5-8,14,16H,1,4,9-11H2,2H3/t14-/m1/s1. The summed E-state index contributed by atoms with van der Waals surface area (Å²) in [7, 11) is 0. The molecule has 3 nitrogen and oxygen atoms in total. The van der Waals surface area contributed by atoms with Crippen LogP contribution in [-0.4, -0.2) is 29.9 Å². The predicted molar refractivity (Wildman–Crippen MR) is 73.2 cm³/mol. The first kappa shape index (κ1) is 12.8. The van der Waals surface area contributed by atoms with E-state index in [1.807, 2.05) is 24.0 Å². The van der Waals surface area contributed by atoms with Crippen molar-refractivity contribution in [3.8, 4) is 0 Å². The van der Waals surface area contributed by atoms with Crippen molar-refractivity contribution in [2.24, 2.45) is 0 Å². The molecule has 1 aliphatic heterocycles. The first-order valence-corrected chi connectivity index (χ1v) is 6.46. The van der Waals surface area contributed by atoms with Gasteiger partial charge in [0.25, 0.3) is 0 Å². The van der Waals surface area contributed by atoms with Crippen LogP contribution in [0.15, 0.2) is 36.9 Å². The molecule has 0 aromatic heterocycles. The lowest BCUT2D eigenvalue weighted by Gasteiger charge is -2.30. The minimum absolute atomic E-state index is 0.0974. The van der Waals surface area contributed by atoms with Gasteiger partial charge in [-0.3, -0.25) is 4.79 Å². The summed E-state index contributed by atoms with van der Waals surface area (Å²) in [4.78, 5) is 14.2. The number of benzene rings is 1. The molecule has 0 unspecified atom stereocenters. The van der Waals surface area contributed by atoms with Gasteiger partial charge in [-0.2, -0.15) is 0 Å². The van der Waals surface area contributed by atoms with E-state index >= 15 is 0 Å². The molecule has 0 saturated carbocycles. The van der Waals surface area contributed by atoms with Crippen LogP contribution in [0.2, 0.25) is 0 Å². The highest BCUT2D eigenvalue weighted by Gasteiger charge is 2.26. The van der Waals surface area contributed by atoms with Gasteiger partial charge in [-0.15, -0.1) is 6.58 Å². The summed E-state index contributed by atoms with van der Waals surface area (Å²) in [5.74, 6) is 0.173. The second-order valence-corrected chi connectivity index (χ2v) is 4.57. The normalized spacial score (nSPS) is 17.9. The molecule has 18 heavy (non-hydrogen) atoms. The summed E-state index contributed by atoms with van der Waals surface area (Å²) in [5, 5.41) is 3.32. The Balaban J connectivity index is 2.08. The van der Waals surface area contributed by atoms with Crippen LogP contribution in [0.3, 0.4) is 0 Å². The van der Waals surface area contributed by atoms with Crippen LogP contribution in [0.5, 0.6) is 0 Å². The van der Waals surface area contributed by atoms with E-state index in [4.69, 9.17) is 0 Å². The fourth-order valence-electron chi connectivity index (χ4n) is 2.38. The molecule has 0 saturated heterocycles. The zero-order chi connectivity index (χ0) is 13.0. The minimum Gasteiger partial charge on any atom is -0.338 e. The Kier molecular flexibility index (Phi) is 4.15. The third-order valence-electron chi connectivity index (χ3n) is 3.42. The summed E-state index contributed by atoms with van der Waals surface area (Å²) >= 11 is 0. The fourth-order valence-corrected chi connectivity index (χ4v) is 2.38. The van der Waals surface area contributed by atoms with Crippen molar-refractivity contribution in [2.75, 3.05) is 13.1 Å². The number of rotatable bonds is 4. The average Bonchev–Trinajstić information content (AvgIpc) is 2.43. The van der Waals surface area contributed by atoms with E-state index in [9.17, 15) is 4.79 Å². The molecule has 0 spiro atoms. The van der Waals surface area contributed by atoms with Gasteiger partial charge in [-0.25, -0.2) is 0 Å². The largest absolute Gasteiger partial charge is 0.338 e. The van der Waals surface area contributed by atoms with Crippen LogP contribution in [0.1, 0.15) is 18.1 Å². The first-order chi connectivity index (χ1) is 8.76. The van der Waals surface area contributed by atoms with Gasteiger partial charge >= 0.3 is 0 Å². The van der Waals surface area contributed by atoms with Gasteiger partial charge in [-0.05, 0) is 24.5 Å². The van der Waals surface area contributed by atoms with Crippen molar-refractivity contribution in [3.05, 3.63) is 48.0 Å². The Bertz CT molecular complexity index is 442. The SMILES string of the molecule is C=CCN(CC)C(=O)[C@H]1Cc2ccccc2CN1. The van der Waals surface area contributed by atoms with E-state index in [1.165, 1.54) is 11.1 Å².